The number of hydrazine groups is 1. The molecule has 0 unspecified atom stereocenters. The van der Waals surface area contributed by atoms with Crippen molar-refractivity contribution in [3.63, 3.8) is 0 Å². The maximum absolute atomic E-state index is 12.0. The highest BCUT2D eigenvalue weighted by Gasteiger charge is 2.01. The van der Waals surface area contributed by atoms with E-state index in [1.54, 1.807) is 24.1 Å². The molecule has 8 heteroatoms. The Kier molecular flexibility index (Phi) is 6.96. The molecule has 0 atom stereocenters. The molecule has 1 aromatic heterocycles. The van der Waals surface area contributed by atoms with E-state index in [1.807, 2.05) is 60.8 Å². The quantitative estimate of drug-likeness (QED) is 0.331. The highest BCUT2D eigenvalue weighted by Crippen LogP contribution is 2.11. The number of methoxy groups -OCH3 is 1. The van der Waals surface area contributed by atoms with Crippen LogP contribution in [0.15, 0.2) is 73.1 Å². The molecule has 0 saturated carbocycles. The third-order valence-electron chi connectivity index (χ3n) is 3.96. The third kappa shape index (κ3) is 6.18. The minimum atomic E-state index is -0.328. The molecule has 1 heterocycles. The van der Waals surface area contributed by atoms with E-state index in [9.17, 15) is 4.79 Å². The van der Waals surface area contributed by atoms with Crippen molar-refractivity contribution in [2.24, 2.45) is 0 Å². The lowest BCUT2D eigenvalue weighted by molar-refractivity contribution is -0.116. The summed E-state index contributed by atoms with van der Waals surface area (Å²) >= 11 is 5.16. The summed E-state index contributed by atoms with van der Waals surface area (Å²) in [6.45, 7) is 0.528. The number of aromatic nitrogens is 2. The van der Waals surface area contributed by atoms with E-state index in [0.717, 1.165) is 22.6 Å². The van der Waals surface area contributed by atoms with Gasteiger partial charge in [0.05, 0.1) is 19.0 Å². The van der Waals surface area contributed by atoms with E-state index in [-0.39, 0.29) is 5.91 Å². The normalized spacial score (nSPS) is 10.5. The van der Waals surface area contributed by atoms with Gasteiger partial charge >= 0.3 is 0 Å². The molecular formula is C21H21N5O2S. The zero-order valence-electron chi connectivity index (χ0n) is 15.8. The number of benzene rings is 2. The summed E-state index contributed by atoms with van der Waals surface area (Å²) in [7, 11) is 1.62. The van der Waals surface area contributed by atoms with Gasteiger partial charge in [0.1, 0.15) is 5.75 Å². The summed E-state index contributed by atoms with van der Waals surface area (Å²) in [4.78, 5) is 12.0. The van der Waals surface area contributed by atoms with Crippen LogP contribution in [0.2, 0.25) is 0 Å². The predicted octanol–water partition coefficient (Wildman–Crippen LogP) is 2.59. The van der Waals surface area contributed by atoms with Gasteiger partial charge in [-0.2, -0.15) is 5.10 Å². The number of ether oxygens (including phenoxy) is 1. The summed E-state index contributed by atoms with van der Waals surface area (Å²) in [5, 5.41) is 7.62. The summed E-state index contributed by atoms with van der Waals surface area (Å²) in [6, 6.07) is 17.4. The van der Waals surface area contributed by atoms with E-state index < -0.39 is 0 Å². The van der Waals surface area contributed by atoms with Gasteiger partial charge in [-0.1, -0.05) is 30.3 Å². The molecule has 148 valence electrons. The Labute approximate surface area is 174 Å². The van der Waals surface area contributed by atoms with E-state index in [1.165, 1.54) is 6.08 Å². The Bertz CT molecular complexity index is 984. The van der Waals surface area contributed by atoms with Crippen LogP contribution in [0.25, 0.3) is 11.8 Å². The van der Waals surface area contributed by atoms with Crippen LogP contribution in [-0.4, -0.2) is 27.9 Å². The van der Waals surface area contributed by atoms with E-state index >= 15 is 0 Å². The van der Waals surface area contributed by atoms with E-state index in [4.69, 9.17) is 17.0 Å². The van der Waals surface area contributed by atoms with Crippen LogP contribution in [0.3, 0.4) is 0 Å². The first kappa shape index (κ1) is 20.1. The van der Waals surface area contributed by atoms with Crippen molar-refractivity contribution in [2.45, 2.75) is 6.54 Å². The van der Waals surface area contributed by atoms with Gasteiger partial charge in [-0.05, 0) is 48.1 Å². The standard InChI is InChI=1S/C21H21N5O2S/c1-28-19-10-7-16(8-11-19)13-22-21(29)25-24-20(27)12-9-17-14-23-26(15-17)18-5-3-2-4-6-18/h2-12,14-15H,13H2,1H3,(H,24,27)(H2,22,25,29)/b12-9+. The molecule has 0 aliphatic heterocycles. The average Bonchev–Trinajstić information content (AvgIpc) is 3.25. The molecule has 0 radical (unpaired) electrons. The Hall–Kier alpha value is -3.65. The fourth-order valence-corrected chi connectivity index (χ4v) is 2.57. The van der Waals surface area contributed by atoms with Gasteiger partial charge in [-0.25, -0.2) is 4.68 Å². The van der Waals surface area contributed by atoms with Gasteiger partial charge in [-0.15, -0.1) is 0 Å². The van der Waals surface area contributed by atoms with Crippen molar-refractivity contribution in [1.82, 2.24) is 25.9 Å². The van der Waals surface area contributed by atoms with Gasteiger partial charge in [-0.3, -0.25) is 15.6 Å². The molecule has 0 saturated heterocycles. The zero-order valence-corrected chi connectivity index (χ0v) is 16.6. The van der Waals surface area contributed by atoms with Crippen LogP contribution in [0.1, 0.15) is 11.1 Å². The van der Waals surface area contributed by atoms with Crippen molar-refractivity contribution in [3.8, 4) is 11.4 Å². The molecule has 7 nitrogen and oxygen atoms in total. The van der Waals surface area contributed by atoms with Crippen molar-refractivity contribution in [3.05, 3.63) is 84.2 Å². The number of carbonyl (C=O) groups excluding carboxylic acids is 1. The zero-order chi connectivity index (χ0) is 20.5. The summed E-state index contributed by atoms with van der Waals surface area (Å²) in [5.41, 5.74) is 7.98. The summed E-state index contributed by atoms with van der Waals surface area (Å²) in [6.07, 6.45) is 6.61. The van der Waals surface area contributed by atoms with Crippen molar-refractivity contribution in [2.75, 3.05) is 7.11 Å². The predicted molar refractivity (Wildman–Crippen MR) is 116 cm³/mol. The molecule has 0 bridgehead atoms. The first-order valence-corrected chi connectivity index (χ1v) is 9.30. The number of carbonyl (C=O) groups is 1. The number of nitrogens with one attached hydrogen (secondary N) is 3. The van der Waals surface area contributed by atoms with E-state index in [0.29, 0.717) is 11.7 Å². The maximum atomic E-state index is 12.0. The highest BCUT2D eigenvalue weighted by molar-refractivity contribution is 7.80. The number of thiocarbonyl (C=S) groups is 1. The number of amides is 1. The molecule has 29 heavy (non-hydrogen) atoms. The fourth-order valence-electron chi connectivity index (χ4n) is 2.45. The smallest absolute Gasteiger partial charge is 0.262 e. The second-order valence-electron chi connectivity index (χ2n) is 6.03. The number of para-hydroxylation sites is 1. The topological polar surface area (TPSA) is 80.2 Å². The van der Waals surface area contributed by atoms with Crippen LogP contribution in [-0.2, 0) is 11.3 Å². The van der Waals surface area contributed by atoms with Crippen molar-refractivity contribution < 1.29 is 9.53 Å². The third-order valence-corrected chi connectivity index (χ3v) is 4.21. The number of nitrogens with zero attached hydrogens (tertiary/aromatic N) is 2. The maximum Gasteiger partial charge on any atom is 0.262 e. The number of rotatable bonds is 6. The highest BCUT2D eigenvalue weighted by atomic mass is 32.1. The molecule has 0 aliphatic carbocycles. The Balaban J connectivity index is 1.42. The van der Waals surface area contributed by atoms with Gasteiger partial charge in [0, 0.05) is 24.4 Å². The Morgan fingerprint density at radius 1 is 1.14 bits per heavy atom. The number of hydrogen-bond acceptors (Lipinski definition) is 4. The second kappa shape index (κ2) is 10.0. The lowest BCUT2D eigenvalue weighted by Gasteiger charge is -2.10. The Morgan fingerprint density at radius 2 is 1.90 bits per heavy atom. The van der Waals surface area contributed by atoms with Crippen molar-refractivity contribution in [1.29, 1.82) is 0 Å². The average molecular weight is 407 g/mol. The van der Waals surface area contributed by atoms with Crippen LogP contribution in [0.5, 0.6) is 5.75 Å². The molecular weight excluding hydrogens is 386 g/mol. The van der Waals surface area contributed by atoms with Gasteiger partial charge < -0.3 is 10.1 Å². The molecule has 0 fully saturated rings. The number of hydrogen-bond donors (Lipinski definition) is 3. The lowest BCUT2D eigenvalue weighted by Crippen LogP contribution is -2.45. The first-order chi connectivity index (χ1) is 14.1. The molecule has 2 aromatic carbocycles. The van der Waals surface area contributed by atoms with Crippen molar-refractivity contribution >= 4 is 29.3 Å². The van der Waals surface area contributed by atoms with Crippen LogP contribution < -0.4 is 20.9 Å². The van der Waals surface area contributed by atoms with Gasteiger partial charge in [0.15, 0.2) is 5.11 Å². The van der Waals surface area contributed by atoms with Crippen LogP contribution in [0.4, 0.5) is 0 Å². The second-order valence-corrected chi connectivity index (χ2v) is 6.44. The SMILES string of the molecule is COc1ccc(CNC(=S)NNC(=O)/C=C/c2cnn(-c3ccccc3)c2)cc1. The molecule has 3 rings (SSSR count). The summed E-state index contributed by atoms with van der Waals surface area (Å²) in [5.74, 6) is 0.467. The fraction of sp³-hybridized carbons (Fsp3) is 0.0952. The molecule has 0 spiro atoms. The van der Waals surface area contributed by atoms with Gasteiger partial charge in [0.2, 0.25) is 0 Å². The minimum absolute atomic E-state index is 0.319. The minimum Gasteiger partial charge on any atom is -0.497 e. The first-order valence-electron chi connectivity index (χ1n) is 8.89. The van der Waals surface area contributed by atoms with Gasteiger partial charge in [0.25, 0.3) is 5.91 Å². The van der Waals surface area contributed by atoms with Crippen LogP contribution >= 0.6 is 12.2 Å². The molecule has 1 amide bonds. The lowest BCUT2D eigenvalue weighted by atomic mass is 10.2. The molecule has 0 aliphatic rings. The Morgan fingerprint density at radius 3 is 2.62 bits per heavy atom. The van der Waals surface area contributed by atoms with Crippen LogP contribution in [0, 0.1) is 0 Å². The molecule has 3 N–H and O–H groups in total. The monoisotopic (exact) mass is 407 g/mol. The summed E-state index contributed by atoms with van der Waals surface area (Å²) < 4.78 is 6.86. The largest absolute Gasteiger partial charge is 0.497 e. The van der Waals surface area contributed by atoms with E-state index in [2.05, 4.69) is 21.3 Å². The molecule has 3 aromatic rings.